The monoisotopic (exact) mass is 878 g/mol. The molecule has 4 rings (SSSR count). The number of rotatable bonds is 34. The second kappa shape index (κ2) is 31.0. The number of carbonyl (C=O) groups excluding carboxylic acids is 4. The highest BCUT2D eigenvalue weighted by molar-refractivity contribution is 6.39. The van der Waals surface area contributed by atoms with Crippen LogP contribution in [0, 0.1) is 0 Å². The molecule has 0 aromatic heterocycles. The Kier molecular flexibility index (Phi) is 25.1. The molecule has 9 nitrogen and oxygen atoms in total. The van der Waals surface area contributed by atoms with Crippen molar-refractivity contribution in [1.29, 1.82) is 0 Å². The summed E-state index contributed by atoms with van der Waals surface area (Å²) in [5.41, 5.74) is 3.06. The van der Waals surface area contributed by atoms with E-state index in [1.807, 2.05) is 60.7 Å². The summed E-state index contributed by atoms with van der Waals surface area (Å²) in [5, 5.41) is 2.83. The Bertz CT molecular complexity index is 1710. The molecule has 1 heterocycles. The largest absolute Gasteiger partial charge is 0.464 e. The summed E-state index contributed by atoms with van der Waals surface area (Å²) in [6.07, 6.45) is 29.5. The number of amides is 2. The minimum absolute atomic E-state index is 0.0695. The highest BCUT2D eigenvalue weighted by Gasteiger charge is 2.44. The van der Waals surface area contributed by atoms with Gasteiger partial charge in [-0.25, -0.2) is 10.0 Å². The molecule has 0 N–H and O–H groups in total. The lowest BCUT2D eigenvalue weighted by molar-refractivity contribution is -0.143. The SMILES string of the molecule is CCCCCCCCCCCCCCOC(=O)CN(CC(=O)OCCCCCCCCCCCCCC)c1ccc(C(C)=C2C(=O)N(c3ccccc3)N(c3ccccc3)C2=O)cc1. The maximum absolute atomic E-state index is 14.1. The average molecular weight is 878 g/mol. The van der Waals surface area contributed by atoms with Gasteiger partial charge in [0.15, 0.2) is 0 Å². The molecule has 0 spiro atoms. The summed E-state index contributed by atoms with van der Waals surface area (Å²) in [6, 6.07) is 25.5. The highest BCUT2D eigenvalue weighted by atomic mass is 16.5. The molecule has 0 atom stereocenters. The van der Waals surface area contributed by atoms with Crippen LogP contribution in [0.3, 0.4) is 0 Å². The Morgan fingerprint density at radius 3 is 1.12 bits per heavy atom. The van der Waals surface area contributed by atoms with E-state index in [-0.39, 0.29) is 18.7 Å². The van der Waals surface area contributed by atoms with Gasteiger partial charge >= 0.3 is 11.9 Å². The van der Waals surface area contributed by atoms with Crippen LogP contribution in [0.2, 0.25) is 0 Å². The van der Waals surface area contributed by atoms with Gasteiger partial charge in [0.2, 0.25) is 0 Å². The number of benzene rings is 3. The van der Waals surface area contributed by atoms with Crippen molar-refractivity contribution in [3.63, 3.8) is 0 Å². The maximum atomic E-state index is 14.1. The van der Waals surface area contributed by atoms with Crippen molar-refractivity contribution < 1.29 is 28.7 Å². The van der Waals surface area contributed by atoms with E-state index in [9.17, 15) is 19.2 Å². The summed E-state index contributed by atoms with van der Waals surface area (Å²) in [6.45, 7) is 6.76. The summed E-state index contributed by atoms with van der Waals surface area (Å²) < 4.78 is 11.3. The number of para-hydroxylation sites is 2. The zero-order valence-corrected chi connectivity index (χ0v) is 39.7. The first kappa shape index (κ1) is 51.7. The molecule has 9 heteroatoms. The lowest BCUT2D eigenvalue weighted by atomic mass is 10.00. The number of allylic oxidation sites excluding steroid dienone is 1. The molecule has 0 unspecified atom stereocenters. The first-order chi connectivity index (χ1) is 31.3. The minimum Gasteiger partial charge on any atom is -0.464 e. The van der Waals surface area contributed by atoms with E-state index < -0.39 is 23.8 Å². The Labute approximate surface area is 385 Å². The number of esters is 2. The van der Waals surface area contributed by atoms with Gasteiger partial charge in [-0.3, -0.25) is 19.2 Å². The number of anilines is 3. The molecule has 64 heavy (non-hydrogen) atoms. The Morgan fingerprint density at radius 2 is 0.781 bits per heavy atom. The lowest BCUT2D eigenvalue weighted by Crippen LogP contribution is -2.41. The van der Waals surface area contributed by atoms with Gasteiger partial charge in [0.1, 0.15) is 18.7 Å². The van der Waals surface area contributed by atoms with Crippen LogP contribution in [-0.4, -0.2) is 50.1 Å². The van der Waals surface area contributed by atoms with E-state index in [1.165, 1.54) is 126 Å². The fourth-order valence-electron chi connectivity index (χ4n) is 8.38. The van der Waals surface area contributed by atoms with Crippen LogP contribution in [0.15, 0.2) is 90.5 Å². The van der Waals surface area contributed by atoms with Crippen LogP contribution in [0.1, 0.15) is 180 Å². The van der Waals surface area contributed by atoms with Crippen molar-refractivity contribution in [1.82, 2.24) is 0 Å². The van der Waals surface area contributed by atoms with E-state index in [0.29, 0.717) is 41.4 Å². The number of unbranched alkanes of at least 4 members (excludes halogenated alkanes) is 22. The zero-order valence-electron chi connectivity index (χ0n) is 39.7. The number of hydrogen-bond donors (Lipinski definition) is 0. The fraction of sp³-hybridized carbons (Fsp3) is 0.564. The predicted octanol–water partition coefficient (Wildman–Crippen LogP) is 13.8. The predicted molar refractivity (Wildman–Crippen MR) is 263 cm³/mol. The number of ether oxygens (including phenoxy) is 2. The van der Waals surface area contributed by atoms with Gasteiger partial charge in [-0.2, -0.15) is 0 Å². The third kappa shape index (κ3) is 18.3. The fourth-order valence-corrected chi connectivity index (χ4v) is 8.38. The molecule has 0 radical (unpaired) electrons. The smallest absolute Gasteiger partial charge is 0.325 e. The first-order valence-corrected chi connectivity index (χ1v) is 25.0. The third-order valence-electron chi connectivity index (χ3n) is 12.2. The third-order valence-corrected chi connectivity index (χ3v) is 12.2. The van der Waals surface area contributed by atoms with Crippen molar-refractivity contribution in [3.8, 4) is 0 Å². The van der Waals surface area contributed by atoms with Crippen LogP contribution in [0.4, 0.5) is 17.1 Å². The molecule has 0 bridgehead atoms. The van der Waals surface area contributed by atoms with Crippen LogP contribution in [0.5, 0.6) is 0 Å². The Balaban J connectivity index is 1.33. The zero-order chi connectivity index (χ0) is 45.6. The van der Waals surface area contributed by atoms with Crippen LogP contribution < -0.4 is 14.9 Å². The van der Waals surface area contributed by atoms with E-state index in [1.54, 1.807) is 36.1 Å². The van der Waals surface area contributed by atoms with Crippen molar-refractivity contribution >= 4 is 46.4 Å². The van der Waals surface area contributed by atoms with Crippen molar-refractivity contribution in [2.24, 2.45) is 0 Å². The molecule has 1 aliphatic heterocycles. The average Bonchev–Trinajstić information content (AvgIpc) is 3.58. The van der Waals surface area contributed by atoms with Crippen LogP contribution >= 0.6 is 0 Å². The highest BCUT2D eigenvalue weighted by Crippen LogP contribution is 2.35. The van der Waals surface area contributed by atoms with Crippen molar-refractivity contribution in [3.05, 3.63) is 96.1 Å². The topological polar surface area (TPSA) is 96.5 Å². The standard InChI is InChI=1S/C55H79N3O6/c1-4-6-8-10-12-14-16-18-20-22-24-32-42-63-51(59)44-56(45-52(60)64-43-33-25-23-21-19-17-15-13-11-9-7-5-2)48-40-38-47(39-41-48)46(3)53-54(61)57(49-34-28-26-29-35-49)58(55(53)62)50-36-30-27-31-37-50/h26-31,34-41H,4-25,32-33,42-45H2,1-3H3. The molecule has 350 valence electrons. The normalized spacial score (nSPS) is 12.6. The summed E-state index contributed by atoms with van der Waals surface area (Å²) in [7, 11) is 0. The number of carbonyl (C=O) groups is 4. The molecule has 1 aliphatic rings. The van der Waals surface area contributed by atoms with E-state index in [2.05, 4.69) is 13.8 Å². The molecule has 3 aromatic carbocycles. The van der Waals surface area contributed by atoms with Crippen molar-refractivity contribution in [2.75, 3.05) is 41.2 Å². The summed E-state index contributed by atoms with van der Waals surface area (Å²) >= 11 is 0. The van der Waals surface area contributed by atoms with Crippen LogP contribution in [-0.2, 0) is 28.7 Å². The van der Waals surface area contributed by atoms with Gasteiger partial charge in [-0.15, -0.1) is 0 Å². The first-order valence-electron chi connectivity index (χ1n) is 25.0. The van der Waals surface area contributed by atoms with E-state index in [0.717, 1.165) is 38.5 Å². The molecule has 3 aromatic rings. The van der Waals surface area contributed by atoms with E-state index >= 15 is 0 Å². The molecule has 1 fully saturated rings. The quantitative estimate of drug-likeness (QED) is 0.0255. The second-order valence-corrected chi connectivity index (χ2v) is 17.5. The Morgan fingerprint density at radius 1 is 0.453 bits per heavy atom. The molecule has 1 saturated heterocycles. The molecule has 0 aliphatic carbocycles. The maximum Gasteiger partial charge on any atom is 0.325 e. The molecular formula is C55H79N3O6. The molecular weight excluding hydrogens is 799 g/mol. The second-order valence-electron chi connectivity index (χ2n) is 17.5. The number of hydrogen-bond acceptors (Lipinski definition) is 7. The lowest BCUT2D eigenvalue weighted by Gasteiger charge is -2.27. The van der Waals surface area contributed by atoms with Gasteiger partial charge < -0.3 is 14.4 Å². The summed E-state index contributed by atoms with van der Waals surface area (Å²) in [4.78, 5) is 56.3. The number of hydrazine groups is 1. The van der Waals surface area contributed by atoms with Crippen LogP contribution in [0.25, 0.3) is 5.57 Å². The number of nitrogens with zero attached hydrogens (tertiary/aromatic N) is 3. The molecule has 2 amide bonds. The van der Waals surface area contributed by atoms with Gasteiger partial charge in [-0.05, 0) is 67.3 Å². The minimum atomic E-state index is -0.421. The van der Waals surface area contributed by atoms with Gasteiger partial charge in [0.05, 0.1) is 24.6 Å². The van der Waals surface area contributed by atoms with E-state index in [4.69, 9.17) is 9.47 Å². The van der Waals surface area contributed by atoms with Gasteiger partial charge in [-0.1, -0.05) is 204 Å². The van der Waals surface area contributed by atoms with Gasteiger partial charge in [0, 0.05) is 5.69 Å². The summed E-state index contributed by atoms with van der Waals surface area (Å²) in [5.74, 6) is -1.64. The van der Waals surface area contributed by atoms with Crippen molar-refractivity contribution in [2.45, 2.75) is 175 Å². The Hall–Kier alpha value is -4.92. The molecule has 0 saturated carbocycles. The van der Waals surface area contributed by atoms with Gasteiger partial charge in [0.25, 0.3) is 11.8 Å².